The fourth-order valence-electron chi connectivity index (χ4n) is 9.30. The van der Waals surface area contributed by atoms with E-state index in [1.165, 1.54) is 22.3 Å². The molecule has 4 nitrogen and oxygen atoms in total. The third-order valence-electron chi connectivity index (χ3n) is 12.2. The lowest BCUT2D eigenvalue weighted by Gasteiger charge is -2.16. The zero-order valence-corrected chi connectivity index (χ0v) is 31.2. The van der Waals surface area contributed by atoms with Crippen LogP contribution in [0.25, 0.3) is 116 Å². The van der Waals surface area contributed by atoms with Crippen LogP contribution in [0.1, 0.15) is 22.8 Å². The predicted molar refractivity (Wildman–Crippen MR) is 236 cm³/mol. The zero-order valence-electron chi connectivity index (χ0n) is 31.2. The van der Waals surface area contributed by atoms with Crippen molar-refractivity contribution in [3.8, 4) is 33.4 Å². The van der Waals surface area contributed by atoms with Crippen molar-refractivity contribution in [1.82, 2.24) is 0 Å². The summed E-state index contributed by atoms with van der Waals surface area (Å²) in [6, 6.07) is 58.0. The molecule has 1 aliphatic carbocycles. The summed E-state index contributed by atoms with van der Waals surface area (Å²) in [5, 5.41) is 7.69. The molecular formula is C54H32O4. The summed E-state index contributed by atoms with van der Waals surface area (Å²) in [6.07, 6.45) is 5.30. The SMILES string of the molecule is C1=CC(c2ccccc2)Cc2c1oc1cc3oc4ccc(-c5cccc(-c6ccc7oc8cc9oc%10ccc(-c%11ccccc%11)cc%10c9cc8c7c6)c5)cc4c3cc21. The lowest BCUT2D eigenvalue weighted by atomic mass is 9.87. The normalized spacial score (nSPS) is 14.2. The number of furan rings is 4. The fourth-order valence-corrected chi connectivity index (χ4v) is 9.30. The summed E-state index contributed by atoms with van der Waals surface area (Å²) in [5.74, 6) is 1.26. The van der Waals surface area contributed by atoms with E-state index >= 15 is 0 Å². The van der Waals surface area contributed by atoms with Crippen molar-refractivity contribution < 1.29 is 17.7 Å². The minimum absolute atomic E-state index is 0.319. The van der Waals surface area contributed by atoms with Gasteiger partial charge in [0.1, 0.15) is 44.8 Å². The molecule has 4 heteroatoms. The molecule has 0 radical (unpaired) electrons. The molecule has 0 amide bonds. The van der Waals surface area contributed by atoms with Crippen molar-refractivity contribution in [3.05, 3.63) is 187 Å². The van der Waals surface area contributed by atoms with Crippen molar-refractivity contribution in [2.75, 3.05) is 0 Å². The van der Waals surface area contributed by atoms with Crippen LogP contribution in [-0.4, -0.2) is 0 Å². The predicted octanol–water partition coefficient (Wildman–Crippen LogP) is 15.5. The second kappa shape index (κ2) is 12.0. The van der Waals surface area contributed by atoms with E-state index < -0.39 is 0 Å². The van der Waals surface area contributed by atoms with E-state index in [1.807, 2.05) is 12.1 Å². The molecule has 58 heavy (non-hydrogen) atoms. The standard InChI is InChI=1S/C54H32O4/c1-3-8-31(9-4-1)35-14-18-47-39(23-35)43-27-45-41-25-37(16-20-49(41)57-53(45)29-51(43)55-47)33-12-7-13-34(22-33)38-17-21-50-42(26-38)46-28-44-40-24-36(32-10-5-2-6-11-32)15-19-48(40)56-52(44)30-54(46)58-50/h1-23,25-30,36H,24H2. The van der Waals surface area contributed by atoms with Crippen LogP contribution >= 0.6 is 0 Å². The van der Waals surface area contributed by atoms with Crippen LogP contribution in [-0.2, 0) is 6.42 Å². The van der Waals surface area contributed by atoms with Gasteiger partial charge in [-0.15, -0.1) is 0 Å². The summed E-state index contributed by atoms with van der Waals surface area (Å²) in [5.41, 5.74) is 15.4. The number of rotatable bonds is 4. The van der Waals surface area contributed by atoms with Crippen LogP contribution in [0.15, 0.2) is 188 Å². The molecule has 8 aromatic carbocycles. The molecule has 0 fully saturated rings. The Hall–Kier alpha value is -7.56. The first-order chi connectivity index (χ1) is 28.7. The highest BCUT2D eigenvalue weighted by atomic mass is 16.4. The van der Waals surface area contributed by atoms with E-state index in [1.54, 1.807) is 0 Å². The van der Waals surface area contributed by atoms with Gasteiger partial charge in [0.15, 0.2) is 0 Å². The van der Waals surface area contributed by atoms with Gasteiger partial charge in [-0.25, -0.2) is 0 Å². The summed E-state index contributed by atoms with van der Waals surface area (Å²) in [6.45, 7) is 0. The van der Waals surface area contributed by atoms with Gasteiger partial charge >= 0.3 is 0 Å². The Bertz CT molecular complexity index is 3650. The maximum absolute atomic E-state index is 6.41. The minimum Gasteiger partial charge on any atom is -0.456 e. The van der Waals surface area contributed by atoms with Gasteiger partial charge in [0.25, 0.3) is 0 Å². The van der Waals surface area contributed by atoms with E-state index in [2.05, 4.69) is 164 Å². The fraction of sp³-hybridized carbons (Fsp3) is 0.0370. The lowest BCUT2D eigenvalue weighted by molar-refractivity contribution is 0.590. The lowest BCUT2D eigenvalue weighted by Crippen LogP contribution is -2.04. The number of hydrogen-bond donors (Lipinski definition) is 0. The van der Waals surface area contributed by atoms with E-state index in [4.69, 9.17) is 17.7 Å². The Morgan fingerprint density at radius 3 is 1.34 bits per heavy atom. The first-order valence-corrected chi connectivity index (χ1v) is 19.8. The Labute approximate surface area is 331 Å². The second-order valence-electron chi connectivity index (χ2n) is 15.6. The quantitative estimate of drug-likeness (QED) is 0.180. The summed E-state index contributed by atoms with van der Waals surface area (Å²) >= 11 is 0. The van der Waals surface area contributed by atoms with Gasteiger partial charge in [0.2, 0.25) is 0 Å². The molecular weight excluding hydrogens is 713 g/mol. The monoisotopic (exact) mass is 744 g/mol. The molecule has 0 spiro atoms. The molecule has 4 heterocycles. The van der Waals surface area contributed by atoms with Crippen LogP contribution in [0.4, 0.5) is 0 Å². The maximum Gasteiger partial charge on any atom is 0.139 e. The number of allylic oxidation sites excluding steroid dienone is 1. The third-order valence-corrected chi connectivity index (χ3v) is 12.2. The van der Waals surface area contributed by atoms with Crippen LogP contribution in [0.3, 0.4) is 0 Å². The Morgan fingerprint density at radius 1 is 0.328 bits per heavy atom. The van der Waals surface area contributed by atoms with E-state index in [0.717, 1.165) is 111 Å². The van der Waals surface area contributed by atoms with Crippen LogP contribution < -0.4 is 0 Å². The van der Waals surface area contributed by atoms with Gasteiger partial charge in [-0.1, -0.05) is 103 Å². The maximum atomic E-state index is 6.41. The Kier molecular flexibility index (Phi) is 6.53. The summed E-state index contributed by atoms with van der Waals surface area (Å²) < 4.78 is 25.5. The first-order valence-electron chi connectivity index (χ1n) is 19.8. The number of benzene rings is 8. The Balaban J connectivity index is 0.880. The van der Waals surface area contributed by atoms with Gasteiger partial charge in [-0.3, -0.25) is 0 Å². The molecule has 1 aliphatic rings. The first kappa shape index (κ1) is 31.6. The molecule has 272 valence electrons. The molecule has 13 rings (SSSR count). The molecule has 0 bridgehead atoms. The molecule has 12 aromatic rings. The van der Waals surface area contributed by atoms with Gasteiger partial charge < -0.3 is 17.7 Å². The van der Waals surface area contributed by atoms with Crippen molar-refractivity contribution in [1.29, 1.82) is 0 Å². The topological polar surface area (TPSA) is 52.6 Å². The molecule has 0 aliphatic heterocycles. The second-order valence-corrected chi connectivity index (χ2v) is 15.6. The Morgan fingerprint density at radius 2 is 0.776 bits per heavy atom. The van der Waals surface area contributed by atoms with Crippen molar-refractivity contribution in [2.45, 2.75) is 12.3 Å². The molecule has 0 N–H and O–H groups in total. The average molecular weight is 745 g/mol. The largest absolute Gasteiger partial charge is 0.456 e. The van der Waals surface area contributed by atoms with E-state index in [-0.39, 0.29) is 0 Å². The van der Waals surface area contributed by atoms with Crippen LogP contribution in [0.2, 0.25) is 0 Å². The van der Waals surface area contributed by atoms with Crippen LogP contribution in [0, 0.1) is 0 Å². The van der Waals surface area contributed by atoms with Gasteiger partial charge in [-0.05, 0) is 106 Å². The summed E-state index contributed by atoms with van der Waals surface area (Å²) in [7, 11) is 0. The van der Waals surface area contributed by atoms with Gasteiger partial charge in [0, 0.05) is 61.3 Å². The van der Waals surface area contributed by atoms with E-state index in [9.17, 15) is 0 Å². The van der Waals surface area contributed by atoms with Gasteiger partial charge in [-0.2, -0.15) is 0 Å². The average Bonchev–Trinajstić information content (AvgIpc) is 4.03. The number of fused-ring (bicyclic) bond motifs is 12. The van der Waals surface area contributed by atoms with Crippen molar-refractivity contribution in [2.24, 2.45) is 0 Å². The third kappa shape index (κ3) is 4.82. The summed E-state index contributed by atoms with van der Waals surface area (Å²) in [4.78, 5) is 0. The molecule has 1 atom stereocenters. The highest BCUT2D eigenvalue weighted by Gasteiger charge is 2.23. The molecule has 4 aromatic heterocycles. The molecule has 1 unspecified atom stereocenters. The highest BCUT2D eigenvalue weighted by molar-refractivity contribution is 6.16. The minimum atomic E-state index is 0.319. The molecule has 0 saturated heterocycles. The van der Waals surface area contributed by atoms with E-state index in [0.29, 0.717) is 5.92 Å². The smallest absolute Gasteiger partial charge is 0.139 e. The van der Waals surface area contributed by atoms with Crippen LogP contribution in [0.5, 0.6) is 0 Å². The number of hydrogen-bond acceptors (Lipinski definition) is 4. The zero-order chi connectivity index (χ0) is 37.9. The molecule has 0 saturated carbocycles. The van der Waals surface area contributed by atoms with Gasteiger partial charge in [0.05, 0.1) is 0 Å². The van der Waals surface area contributed by atoms with Crippen molar-refractivity contribution >= 4 is 82.9 Å². The van der Waals surface area contributed by atoms with Crippen molar-refractivity contribution in [3.63, 3.8) is 0 Å². The highest BCUT2D eigenvalue weighted by Crippen LogP contribution is 2.43.